The van der Waals surface area contributed by atoms with E-state index >= 15 is 0 Å². The van der Waals surface area contributed by atoms with Crippen LogP contribution >= 0.6 is 0 Å². The number of nitrogens with one attached hydrogen (secondary N) is 1. The van der Waals surface area contributed by atoms with Crippen LogP contribution in [0.25, 0.3) is 0 Å². The van der Waals surface area contributed by atoms with Crippen molar-refractivity contribution >= 4 is 5.69 Å². The number of hydrogen-bond acceptors (Lipinski definition) is 3. The molecule has 1 N–H and O–H groups in total. The van der Waals surface area contributed by atoms with Crippen LogP contribution in [-0.2, 0) is 0 Å². The predicted octanol–water partition coefficient (Wildman–Crippen LogP) is 2.81. The maximum Gasteiger partial charge on any atom is 0.406 e. The largest absolute Gasteiger partial charge is 0.406 e. The highest BCUT2D eigenvalue weighted by atomic mass is 19.4. The van der Waals surface area contributed by atoms with E-state index in [4.69, 9.17) is 10.5 Å². The summed E-state index contributed by atoms with van der Waals surface area (Å²) >= 11 is 0. The van der Waals surface area contributed by atoms with Crippen molar-refractivity contribution in [2.75, 3.05) is 11.9 Å². The zero-order valence-corrected chi connectivity index (χ0v) is 8.92. The van der Waals surface area contributed by atoms with E-state index in [0.29, 0.717) is 0 Å². The fourth-order valence-electron chi connectivity index (χ4n) is 1.18. The molecule has 1 aromatic carbocycles. The van der Waals surface area contributed by atoms with Gasteiger partial charge in [0.05, 0.1) is 11.6 Å². The lowest BCUT2D eigenvalue weighted by Crippen LogP contribution is -2.28. The van der Waals surface area contributed by atoms with Gasteiger partial charge < -0.3 is 5.32 Å². The molecule has 0 heterocycles. The Kier molecular flexibility index (Phi) is 4.11. The van der Waals surface area contributed by atoms with E-state index in [1.54, 1.807) is 6.07 Å². The van der Waals surface area contributed by atoms with Crippen molar-refractivity contribution in [2.45, 2.75) is 6.18 Å². The van der Waals surface area contributed by atoms with Crippen molar-refractivity contribution in [3.05, 3.63) is 29.6 Å². The number of nitrogens with zero attached hydrogens (tertiary/aromatic N) is 2. The van der Waals surface area contributed by atoms with Crippen LogP contribution in [0.5, 0.6) is 0 Å². The van der Waals surface area contributed by atoms with Gasteiger partial charge in [0.15, 0.2) is 5.92 Å². The third kappa shape index (κ3) is 3.36. The van der Waals surface area contributed by atoms with E-state index < -0.39 is 24.5 Å². The van der Waals surface area contributed by atoms with E-state index in [-0.39, 0.29) is 11.3 Å². The molecule has 1 unspecified atom stereocenters. The lowest BCUT2D eigenvalue weighted by atomic mass is 10.1. The van der Waals surface area contributed by atoms with Crippen molar-refractivity contribution < 1.29 is 17.6 Å². The maximum atomic E-state index is 12.9. The molecule has 0 fully saturated rings. The number of anilines is 1. The molecular formula is C11H7F4N3. The van der Waals surface area contributed by atoms with Crippen LogP contribution in [-0.4, -0.2) is 12.7 Å². The first-order valence-electron chi connectivity index (χ1n) is 4.78. The second-order valence-corrected chi connectivity index (χ2v) is 3.41. The van der Waals surface area contributed by atoms with Gasteiger partial charge in [-0.1, -0.05) is 0 Å². The predicted molar refractivity (Wildman–Crippen MR) is 54.8 cm³/mol. The van der Waals surface area contributed by atoms with Crippen molar-refractivity contribution in [3.8, 4) is 12.1 Å². The molecule has 0 radical (unpaired) electrons. The summed E-state index contributed by atoms with van der Waals surface area (Å²) in [7, 11) is 0. The van der Waals surface area contributed by atoms with E-state index in [9.17, 15) is 17.6 Å². The molecule has 0 bridgehead atoms. The summed E-state index contributed by atoms with van der Waals surface area (Å²) in [5.41, 5.74) is -0.127. The number of benzene rings is 1. The normalized spacial score (nSPS) is 12.3. The lowest BCUT2D eigenvalue weighted by molar-refractivity contribution is -0.155. The first-order valence-corrected chi connectivity index (χ1v) is 4.78. The molecule has 0 saturated carbocycles. The second kappa shape index (κ2) is 5.37. The van der Waals surface area contributed by atoms with E-state index in [1.165, 1.54) is 6.07 Å². The number of alkyl halides is 3. The zero-order valence-electron chi connectivity index (χ0n) is 8.92. The fraction of sp³-hybridized carbons (Fsp3) is 0.273. The quantitative estimate of drug-likeness (QED) is 0.847. The SMILES string of the molecule is N#Cc1cc(NCC(C#N)C(F)(F)F)ccc1F. The van der Waals surface area contributed by atoms with Crippen LogP contribution in [0.15, 0.2) is 18.2 Å². The summed E-state index contributed by atoms with van der Waals surface area (Å²) in [6.45, 7) is -0.656. The summed E-state index contributed by atoms with van der Waals surface area (Å²) in [6.07, 6.45) is -4.63. The molecule has 1 rings (SSSR count). The molecule has 0 spiro atoms. The Labute approximate surface area is 100 Å². The van der Waals surface area contributed by atoms with Crippen molar-refractivity contribution in [2.24, 2.45) is 5.92 Å². The Bertz CT molecular complexity index is 510. The second-order valence-electron chi connectivity index (χ2n) is 3.41. The van der Waals surface area contributed by atoms with Crippen LogP contribution in [0.1, 0.15) is 5.56 Å². The Morgan fingerprint density at radius 1 is 1.28 bits per heavy atom. The molecule has 3 nitrogen and oxygen atoms in total. The molecule has 1 aromatic rings. The highest BCUT2D eigenvalue weighted by molar-refractivity contribution is 5.49. The van der Waals surface area contributed by atoms with Crippen LogP contribution in [0.4, 0.5) is 23.2 Å². The summed E-state index contributed by atoms with van der Waals surface area (Å²) in [6, 6.07) is 5.94. The van der Waals surface area contributed by atoms with E-state index in [1.807, 2.05) is 0 Å². The van der Waals surface area contributed by atoms with Gasteiger partial charge in [0.1, 0.15) is 11.9 Å². The molecule has 0 aromatic heterocycles. The Morgan fingerprint density at radius 2 is 1.94 bits per heavy atom. The first-order chi connectivity index (χ1) is 8.38. The minimum absolute atomic E-state index is 0.150. The van der Waals surface area contributed by atoms with Crippen molar-refractivity contribution in [3.63, 3.8) is 0 Å². The average molecular weight is 257 g/mol. The van der Waals surface area contributed by atoms with E-state index in [2.05, 4.69) is 5.32 Å². The maximum absolute atomic E-state index is 12.9. The van der Waals surface area contributed by atoms with Gasteiger partial charge in [0, 0.05) is 12.2 Å². The Hall–Kier alpha value is -2.28. The van der Waals surface area contributed by atoms with Gasteiger partial charge in [-0.05, 0) is 18.2 Å². The van der Waals surface area contributed by atoms with Crippen LogP contribution in [0.3, 0.4) is 0 Å². The standard InChI is InChI=1S/C11H7F4N3/c12-10-2-1-9(3-7(10)4-16)18-6-8(5-17)11(13,14)15/h1-3,8,18H,6H2. The van der Waals surface area contributed by atoms with Crippen LogP contribution < -0.4 is 5.32 Å². The first kappa shape index (κ1) is 13.8. The Balaban J connectivity index is 2.76. The molecule has 1 atom stereocenters. The molecule has 0 aliphatic carbocycles. The van der Waals surface area contributed by atoms with Gasteiger partial charge >= 0.3 is 6.18 Å². The molecule has 7 heteroatoms. The molecule has 0 saturated heterocycles. The van der Waals surface area contributed by atoms with E-state index in [0.717, 1.165) is 18.2 Å². The summed E-state index contributed by atoms with van der Waals surface area (Å²) < 4.78 is 49.7. The monoisotopic (exact) mass is 257 g/mol. The molecule has 18 heavy (non-hydrogen) atoms. The number of hydrogen-bond donors (Lipinski definition) is 1. The fourth-order valence-corrected chi connectivity index (χ4v) is 1.18. The third-order valence-corrected chi connectivity index (χ3v) is 2.15. The molecule has 0 aliphatic heterocycles. The van der Waals surface area contributed by atoms with Gasteiger partial charge in [0.25, 0.3) is 0 Å². The Morgan fingerprint density at radius 3 is 2.44 bits per heavy atom. The lowest BCUT2D eigenvalue weighted by Gasteiger charge is -2.14. The molecule has 94 valence electrons. The van der Waals surface area contributed by atoms with Gasteiger partial charge in [-0.2, -0.15) is 23.7 Å². The van der Waals surface area contributed by atoms with Gasteiger partial charge in [0.2, 0.25) is 0 Å². The molecular weight excluding hydrogens is 250 g/mol. The smallest absolute Gasteiger partial charge is 0.383 e. The van der Waals surface area contributed by atoms with Gasteiger partial charge in [-0.25, -0.2) is 4.39 Å². The average Bonchev–Trinajstić information content (AvgIpc) is 2.30. The highest BCUT2D eigenvalue weighted by Gasteiger charge is 2.39. The van der Waals surface area contributed by atoms with Gasteiger partial charge in [-0.3, -0.25) is 0 Å². The van der Waals surface area contributed by atoms with Crippen LogP contribution in [0.2, 0.25) is 0 Å². The minimum Gasteiger partial charge on any atom is -0.383 e. The zero-order chi connectivity index (χ0) is 13.8. The number of rotatable bonds is 3. The number of halogens is 4. The summed E-state index contributed by atoms with van der Waals surface area (Å²) in [5, 5.41) is 19.3. The molecule has 0 aliphatic rings. The molecule has 0 amide bonds. The van der Waals surface area contributed by atoms with Crippen molar-refractivity contribution in [1.82, 2.24) is 0 Å². The van der Waals surface area contributed by atoms with Gasteiger partial charge in [-0.15, -0.1) is 0 Å². The van der Waals surface area contributed by atoms with Crippen LogP contribution in [0, 0.1) is 34.4 Å². The number of nitriles is 2. The topological polar surface area (TPSA) is 59.6 Å². The minimum atomic E-state index is -4.63. The summed E-state index contributed by atoms with van der Waals surface area (Å²) in [5.74, 6) is -2.91. The summed E-state index contributed by atoms with van der Waals surface area (Å²) in [4.78, 5) is 0. The third-order valence-electron chi connectivity index (χ3n) is 2.15. The highest BCUT2D eigenvalue weighted by Crippen LogP contribution is 2.26. The van der Waals surface area contributed by atoms with Crippen molar-refractivity contribution in [1.29, 1.82) is 10.5 Å².